The van der Waals surface area contributed by atoms with Crippen molar-refractivity contribution in [1.29, 1.82) is 0 Å². The van der Waals surface area contributed by atoms with Crippen molar-refractivity contribution in [2.24, 2.45) is 0 Å². The highest BCUT2D eigenvalue weighted by molar-refractivity contribution is 6.12. The van der Waals surface area contributed by atoms with E-state index in [-0.39, 0.29) is 17.4 Å². The first-order valence-corrected chi connectivity index (χ1v) is 11.8. The fourth-order valence-corrected chi connectivity index (χ4v) is 4.41. The van der Waals surface area contributed by atoms with Crippen molar-refractivity contribution in [3.63, 3.8) is 0 Å². The highest BCUT2D eigenvalue weighted by Crippen LogP contribution is 2.22. The van der Waals surface area contributed by atoms with E-state index in [9.17, 15) is 9.59 Å². The second-order valence-electron chi connectivity index (χ2n) is 9.02. The Morgan fingerprint density at radius 2 is 1.70 bits per heavy atom. The molecular weight excluding hydrogens is 466 g/mol. The number of nitrogens with zero attached hydrogens (tertiary/aromatic N) is 5. The van der Waals surface area contributed by atoms with Gasteiger partial charge in [0.05, 0.1) is 17.6 Å². The van der Waals surface area contributed by atoms with Crippen LogP contribution in [-0.2, 0) is 0 Å². The molecule has 9 nitrogen and oxygen atoms in total. The molecule has 0 spiro atoms. The zero-order valence-electron chi connectivity index (χ0n) is 20.5. The van der Waals surface area contributed by atoms with E-state index in [1.807, 2.05) is 68.4 Å². The zero-order valence-corrected chi connectivity index (χ0v) is 20.5. The number of H-pyrrole nitrogens is 1. The van der Waals surface area contributed by atoms with E-state index in [0.717, 1.165) is 27.6 Å². The molecule has 0 aliphatic heterocycles. The van der Waals surface area contributed by atoms with E-state index in [0.29, 0.717) is 28.1 Å². The van der Waals surface area contributed by atoms with Gasteiger partial charge in [-0.05, 0) is 60.9 Å². The Kier molecular flexibility index (Phi) is 5.19. The summed E-state index contributed by atoms with van der Waals surface area (Å²) in [6, 6.07) is 21.0. The number of carbonyl (C=O) groups is 1. The van der Waals surface area contributed by atoms with Crippen LogP contribution in [0.4, 0.5) is 5.82 Å². The molecule has 182 valence electrons. The van der Waals surface area contributed by atoms with Crippen LogP contribution in [0.5, 0.6) is 0 Å². The van der Waals surface area contributed by atoms with Gasteiger partial charge in [-0.2, -0.15) is 19.9 Å². The van der Waals surface area contributed by atoms with Gasteiger partial charge < -0.3 is 5.32 Å². The molecule has 1 amide bonds. The standard InChI is InChI=1S/C28H23N7O2/c1-16-11-12-20(13-17(16)2)34-25-23(15-29-34)27(37)32-28(31-25)35-24(14-18(3)33-35)30-26(36)22-10-6-8-19-7-4-5-9-21(19)22/h4-15H,1-3H3,(H,30,36)(H,31,32,37). The highest BCUT2D eigenvalue weighted by Gasteiger charge is 2.18. The number of aromatic nitrogens is 6. The van der Waals surface area contributed by atoms with E-state index in [1.165, 1.54) is 10.9 Å². The molecule has 0 bridgehead atoms. The number of fused-ring (bicyclic) bond motifs is 2. The number of carbonyl (C=O) groups excluding carboxylic acids is 1. The normalized spacial score (nSPS) is 11.3. The predicted octanol–water partition coefficient (Wildman–Crippen LogP) is 4.63. The molecule has 37 heavy (non-hydrogen) atoms. The number of hydrogen-bond acceptors (Lipinski definition) is 5. The third-order valence-corrected chi connectivity index (χ3v) is 6.47. The number of amides is 1. The van der Waals surface area contributed by atoms with Crippen LogP contribution in [0, 0.1) is 20.8 Å². The van der Waals surface area contributed by atoms with Crippen LogP contribution >= 0.6 is 0 Å². The summed E-state index contributed by atoms with van der Waals surface area (Å²) in [6.07, 6.45) is 1.50. The molecule has 9 heteroatoms. The van der Waals surface area contributed by atoms with Gasteiger partial charge in [-0.15, -0.1) is 0 Å². The molecule has 0 saturated carbocycles. The van der Waals surface area contributed by atoms with Gasteiger partial charge in [0.1, 0.15) is 11.2 Å². The Hall–Kier alpha value is -5.05. The minimum Gasteiger partial charge on any atom is -0.306 e. The minimum absolute atomic E-state index is 0.171. The molecule has 2 N–H and O–H groups in total. The Morgan fingerprint density at radius 3 is 2.54 bits per heavy atom. The van der Waals surface area contributed by atoms with E-state index >= 15 is 0 Å². The van der Waals surface area contributed by atoms with Crippen LogP contribution in [0.2, 0.25) is 0 Å². The van der Waals surface area contributed by atoms with E-state index < -0.39 is 0 Å². The first-order valence-electron chi connectivity index (χ1n) is 11.8. The maximum absolute atomic E-state index is 13.3. The van der Waals surface area contributed by atoms with Crippen LogP contribution in [0.15, 0.2) is 77.7 Å². The molecule has 0 aliphatic rings. The van der Waals surface area contributed by atoms with E-state index in [1.54, 1.807) is 23.7 Å². The van der Waals surface area contributed by atoms with Crippen molar-refractivity contribution < 1.29 is 4.79 Å². The molecule has 6 rings (SSSR count). The summed E-state index contributed by atoms with van der Waals surface area (Å²) < 4.78 is 3.06. The summed E-state index contributed by atoms with van der Waals surface area (Å²) in [5, 5.41) is 14.0. The number of anilines is 1. The molecule has 0 aliphatic carbocycles. The van der Waals surface area contributed by atoms with Crippen molar-refractivity contribution in [3.05, 3.63) is 106 Å². The summed E-state index contributed by atoms with van der Waals surface area (Å²) in [7, 11) is 0. The number of rotatable bonds is 4. The van der Waals surface area contributed by atoms with E-state index in [4.69, 9.17) is 4.98 Å². The zero-order chi connectivity index (χ0) is 25.7. The lowest BCUT2D eigenvalue weighted by atomic mass is 10.0. The van der Waals surface area contributed by atoms with Crippen LogP contribution in [-0.4, -0.2) is 35.4 Å². The van der Waals surface area contributed by atoms with Gasteiger partial charge in [0.2, 0.25) is 5.95 Å². The third kappa shape index (κ3) is 3.86. The molecule has 0 atom stereocenters. The second-order valence-corrected chi connectivity index (χ2v) is 9.02. The van der Waals surface area contributed by atoms with Crippen LogP contribution < -0.4 is 10.9 Å². The van der Waals surface area contributed by atoms with Gasteiger partial charge in [0.25, 0.3) is 11.5 Å². The summed E-state index contributed by atoms with van der Waals surface area (Å²) in [5.41, 5.74) is 4.28. The molecule has 3 heterocycles. The van der Waals surface area contributed by atoms with Crippen molar-refractivity contribution in [3.8, 4) is 11.6 Å². The summed E-state index contributed by atoms with van der Waals surface area (Å²) in [4.78, 5) is 33.7. The average molecular weight is 490 g/mol. The SMILES string of the molecule is Cc1cc(NC(=O)c2cccc3ccccc23)n(-c2nc3c(cnn3-c3ccc(C)c(C)c3)c(=O)[nH]2)n1. The third-order valence-electron chi connectivity index (χ3n) is 6.47. The van der Waals surface area contributed by atoms with Gasteiger partial charge in [-0.1, -0.05) is 42.5 Å². The Bertz CT molecular complexity index is 1890. The maximum Gasteiger partial charge on any atom is 0.263 e. The first-order chi connectivity index (χ1) is 17.9. The van der Waals surface area contributed by atoms with Crippen LogP contribution in [0.1, 0.15) is 27.2 Å². The lowest BCUT2D eigenvalue weighted by molar-refractivity contribution is 0.102. The minimum atomic E-state index is -0.352. The number of aryl methyl sites for hydroxylation is 3. The predicted molar refractivity (Wildman–Crippen MR) is 143 cm³/mol. The molecular formula is C28H23N7O2. The van der Waals surface area contributed by atoms with Gasteiger partial charge in [0.15, 0.2) is 5.65 Å². The lowest BCUT2D eigenvalue weighted by Gasteiger charge is -2.10. The van der Waals surface area contributed by atoms with E-state index in [2.05, 4.69) is 20.5 Å². The van der Waals surface area contributed by atoms with Gasteiger partial charge >= 0.3 is 0 Å². The van der Waals surface area contributed by atoms with Crippen molar-refractivity contribution >= 4 is 33.5 Å². The molecule has 0 radical (unpaired) electrons. The fourth-order valence-electron chi connectivity index (χ4n) is 4.41. The first kappa shape index (κ1) is 22.4. The number of benzene rings is 3. The van der Waals surface area contributed by atoms with Crippen LogP contribution in [0.3, 0.4) is 0 Å². The molecule has 3 aromatic carbocycles. The topological polar surface area (TPSA) is 110 Å². The lowest BCUT2D eigenvalue weighted by Crippen LogP contribution is -2.19. The fraction of sp³-hybridized carbons (Fsp3) is 0.107. The summed E-state index contributed by atoms with van der Waals surface area (Å²) in [5.74, 6) is 0.265. The van der Waals surface area contributed by atoms with Crippen molar-refractivity contribution in [2.75, 3.05) is 5.32 Å². The summed E-state index contributed by atoms with van der Waals surface area (Å²) >= 11 is 0. The Morgan fingerprint density at radius 1 is 0.892 bits per heavy atom. The molecule has 0 unspecified atom stereocenters. The Labute approximate surface area is 211 Å². The second kappa shape index (κ2) is 8.56. The van der Waals surface area contributed by atoms with Gasteiger partial charge in [-0.3, -0.25) is 14.6 Å². The van der Waals surface area contributed by atoms with Gasteiger partial charge in [-0.25, -0.2) is 4.68 Å². The molecule has 0 fully saturated rings. The van der Waals surface area contributed by atoms with Crippen LogP contribution in [0.25, 0.3) is 33.4 Å². The monoisotopic (exact) mass is 489 g/mol. The molecule has 0 saturated heterocycles. The van der Waals surface area contributed by atoms with Crippen molar-refractivity contribution in [1.82, 2.24) is 29.5 Å². The largest absolute Gasteiger partial charge is 0.306 e. The maximum atomic E-state index is 13.3. The number of nitrogens with one attached hydrogen (secondary N) is 2. The highest BCUT2D eigenvalue weighted by atomic mass is 16.2. The Balaban J connectivity index is 1.43. The molecule has 6 aromatic rings. The van der Waals surface area contributed by atoms with Gasteiger partial charge in [0, 0.05) is 11.6 Å². The quantitative estimate of drug-likeness (QED) is 0.375. The number of hydrogen-bond donors (Lipinski definition) is 2. The molecule has 3 aromatic heterocycles. The smallest absolute Gasteiger partial charge is 0.263 e. The summed E-state index contributed by atoms with van der Waals surface area (Å²) in [6.45, 7) is 5.86. The van der Waals surface area contributed by atoms with Crippen molar-refractivity contribution in [2.45, 2.75) is 20.8 Å². The average Bonchev–Trinajstić information content (AvgIpc) is 3.48. The number of aromatic amines is 1.